The van der Waals surface area contributed by atoms with Crippen LogP contribution < -0.4 is 0 Å². The Balaban J connectivity index is 2.29. The maximum atomic E-state index is 11.8. The molecule has 1 rings (SSSR count). The summed E-state index contributed by atoms with van der Waals surface area (Å²) in [6.45, 7) is 10.7. The minimum atomic E-state index is -0.437. The van der Waals surface area contributed by atoms with E-state index in [2.05, 4.69) is 27.7 Å². The predicted octanol–water partition coefficient (Wildman–Crippen LogP) is 4.86. The highest BCUT2D eigenvalue weighted by Gasteiger charge is 2.15. The summed E-state index contributed by atoms with van der Waals surface area (Å²) >= 11 is 0. The number of unbranched alkanes of at least 4 members (excludes halogenated alkanes) is 4. The second-order valence-corrected chi connectivity index (χ2v) is 6.29. The molecule has 0 saturated carbocycles. The monoisotopic (exact) mass is 291 g/mol. The van der Waals surface area contributed by atoms with Gasteiger partial charge in [0.15, 0.2) is 0 Å². The number of carbonyl (C=O) groups excluding carboxylic acids is 1. The summed E-state index contributed by atoms with van der Waals surface area (Å²) in [6.07, 6.45) is 5.24. The smallest absolute Gasteiger partial charge is 0.293 e. The Hall–Kier alpha value is -1.35. The van der Waals surface area contributed by atoms with Crippen LogP contribution in [0.15, 0.2) is 24.3 Å². The maximum absolute atomic E-state index is 11.8. The van der Waals surface area contributed by atoms with E-state index >= 15 is 0 Å². The first kappa shape index (κ1) is 17.7. The SMILES string of the molecule is [CH2]CCCCCCOOC(=O)c1ccc(C(C)(C)C)cc1. The number of carbonyl (C=O) groups is 1. The van der Waals surface area contributed by atoms with Gasteiger partial charge in [-0.05, 0) is 29.5 Å². The lowest BCUT2D eigenvalue weighted by Crippen LogP contribution is -2.12. The number of benzene rings is 1. The fourth-order valence-corrected chi connectivity index (χ4v) is 1.94. The topological polar surface area (TPSA) is 35.5 Å². The van der Waals surface area contributed by atoms with Crippen LogP contribution in [0, 0.1) is 6.92 Å². The largest absolute Gasteiger partial charge is 0.373 e. The van der Waals surface area contributed by atoms with Crippen molar-refractivity contribution in [2.24, 2.45) is 0 Å². The van der Waals surface area contributed by atoms with Crippen LogP contribution in [0.2, 0.25) is 0 Å². The molecule has 0 spiro atoms. The second-order valence-electron chi connectivity index (χ2n) is 6.29. The van der Waals surface area contributed by atoms with Crippen molar-refractivity contribution < 1.29 is 14.6 Å². The zero-order valence-electron chi connectivity index (χ0n) is 13.5. The lowest BCUT2D eigenvalue weighted by Gasteiger charge is -2.18. The molecule has 0 N–H and O–H groups in total. The van der Waals surface area contributed by atoms with Gasteiger partial charge in [0.1, 0.15) is 0 Å². The molecule has 0 fully saturated rings. The van der Waals surface area contributed by atoms with E-state index in [1.807, 2.05) is 12.1 Å². The van der Waals surface area contributed by atoms with Crippen LogP contribution in [0.3, 0.4) is 0 Å². The molecular weight excluding hydrogens is 264 g/mol. The number of hydrogen-bond donors (Lipinski definition) is 0. The minimum Gasteiger partial charge on any atom is -0.293 e. The molecule has 1 radical (unpaired) electrons. The summed E-state index contributed by atoms with van der Waals surface area (Å²) in [5.41, 5.74) is 1.78. The quantitative estimate of drug-likeness (QED) is 0.390. The van der Waals surface area contributed by atoms with E-state index < -0.39 is 5.97 Å². The normalized spacial score (nSPS) is 11.4. The molecule has 0 aliphatic rings. The molecule has 0 bridgehead atoms. The first-order chi connectivity index (χ1) is 9.95. The van der Waals surface area contributed by atoms with E-state index in [-0.39, 0.29) is 5.41 Å². The first-order valence-electron chi connectivity index (χ1n) is 7.68. The van der Waals surface area contributed by atoms with E-state index in [0.717, 1.165) is 32.1 Å². The van der Waals surface area contributed by atoms with E-state index in [1.165, 1.54) is 5.56 Å². The number of hydrogen-bond acceptors (Lipinski definition) is 3. The zero-order chi connectivity index (χ0) is 15.7. The average molecular weight is 291 g/mol. The third kappa shape index (κ3) is 6.76. The van der Waals surface area contributed by atoms with Crippen LogP contribution in [-0.2, 0) is 15.2 Å². The van der Waals surface area contributed by atoms with Gasteiger partial charge < -0.3 is 0 Å². The van der Waals surface area contributed by atoms with Crippen LogP contribution in [0.4, 0.5) is 0 Å². The van der Waals surface area contributed by atoms with Gasteiger partial charge in [-0.15, -0.1) is 0 Å². The summed E-state index contributed by atoms with van der Waals surface area (Å²) in [5.74, 6) is -0.437. The standard InChI is InChI=1S/C18H27O3/c1-5-6-7-8-9-14-20-21-17(19)15-10-12-16(13-11-15)18(2,3)4/h10-13H,1,5-9,14H2,2-4H3. The van der Waals surface area contributed by atoms with Gasteiger partial charge in [0.25, 0.3) is 0 Å². The van der Waals surface area contributed by atoms with Crippen molar-refractivity contribution in [1.82, 2.24) is 0 Å². The average Bonchev–Trinajstić information content (AvgIpc) is 2.45. The predicted molar refractivity (Wildman–Crippen MR) is 85.0 cm³/mol. The fraction of sp³-hybridized carbons (Fsp3) is 0.556. The van der Waals surface area contributed by atoms with Crippen LogP contribution in [0.25, 0.3) is 0 Å². The maximum Gasteiger partial charge on any atom is 0.373 e. The lowest BCUT2D eigenvalue weighted by molar-refractivity contribution is -0.241. The third-order valence-corrected chi connectivity index (χ3v) is 3.35. The second kappa shape index (κ2) is 8.83. The van der Waals surface area contributed by atoms with Crippen molar-refractivity contribution in [1.29, 1.82) is 0 Å². The summed E-state index contributed by atoms with van der Waals surface area (Å²) in [5, 5.41) is 0. The number of rotatable bonds is 8. The van der Waals surface area contributed by atoms with Crippen molar-refractivity contribution in [3.05, 3.63) is 42.3 Å². The highest BCUT2D eigenvalue weighted by Crippen LogP contribution is 2.22. The molecule has 0 aromatic heterocycles. The van der Waals surface area contributed by atoms with Crippen LogP contribution >= 0.6 is 0 Å². The Morgan fingerprint density at radius 3 is 2.24 bits per heavy atom. The molecule has 0 amide bonds. The highest BCUT2D eigenvalue weighted by molar-refractivity contribution is 5.88. The molecule has 3 heteroatoms. The summed E-state index contributed by atoms with van der Waals surface area (Å²) in [4.78, 5) is 21.6. The summed E-state index contributed by atoms with van der Waals surface area (Å²) in [7, 11) is 0. The molecule has 117 valence electrons. The van der Waals surface area contributed by atoms with Crippen molar-refractivity contribution in [2.75, 3.05) is 6.61 Å². The van der Waals surface area contributed by atoms with Crippen LogP contribution in [0.5, 0.6) is 0 Å². The van der Waals surface area contributed by atoms with Gasteiger partial charge in [0.05, 0.1) is 12.2 Å². The van der Waals surface area contributed by atoms with E-state index in [9.17, 15) is 4.79 Å². The van der Waals surface area contributed by atoms with Gasteiger partial charge in [-0.1, -0.05) is 65.5 Å². The van der Waals surface area contributed by atoms with Gasteiger partial charge in [-0.3, -0.25) is 4.89 Å². The molecule has 0 aliphatic carbocycles. The summed E-state index contributed by atoms with van der Waals surface area (Å²) < 4.78 is 0. The lowest BCUT2D eigenvalue weighted by atomic mass is 9.87. The fourth-order valence-electron chi connectivity index (χ4n) is 1.94. The zero-order valence-corrected chi connectivity index (χ0v) is 13.5. The molecule has 0 atom stereocenters. The Kier molecular flexibility index (Phi) is 7.44. The Morgan fingerprint density at radius 2 is 1.67 bits per heavy atom. The molecule has 21 heavy (non-hydrogen) atoms. The molecule has 0 heterocycles. The van der Waals surface area contributed by atoms with Gasteiger partial charge in [-0.25, -0.2) is 4.79 Å². The van der Waals surface area contributed by atoms with Crippen LogP contribution in [-0.4, -0.2) is 12.6 Å². The Morgan fingerprint density at radius 1 is 1.05 bits per heavy atom. The molecule has 1 aromatic rings. The van der Waals surface area contributed by atoms with Crippen molar-refractivity contribution in [3.8, 4) is 0 Å². The van der Waals surface area contributed by atoms with Crippen molar-refractivity contribution in [3.63, 3.8) is 0 Å². The molecule has 3 nitrogen and oxygen atoms in total. The van der Waals surface area contributed by atoms with E-state index in [4.69, 9.17) is 9.78 Å². The van der Waals surface area contributed by atoms with Crippen LogP contribution in [0.1, 0.15) is 68.8 Å². The first-order valence-corrected chi connectivity index (χ1v) is 7.68. The molecule has 1 aromatic carbocycles. The van der Waals surface area contributed by atoms with E-state index in [1.54, 1.807) is 12.1 Å². The van der Waals surface area contributed by atoms with Crippen molar-refractivity contribution in [2.45, 2.75) is 58.3 Å². The summed E-state index contributed by atoms with van der Waals surface area (Å²) in [6, 6.07) is 7.46. The molecule has 0 unspecified atom stereocenters. The van der Waals surface area contributed by atoms with Gasteiger partial charge in [0.2, 0.25) is 0 Å². The molecule has 0 aliphatic heterocycles. The molecular formula is C18H27O3. The minimum absolute atomic E-state index is 0.0763. The molecule has 0 saturated heterocycles. The highest BCUT2D eigenvalue weighted by atomic mass is 17.2. The van der Waals surface area contributed by atoms with E-state index in [0.29, 0.717) is 12.2 Å². The van der Waals surface area contributed by atoms with Gasteiger partial charge >= 0.3 is 5.97 Å². The van der Waals surface area contributed by atoms with Gasteiger partial charge in [0, 0.05) is 0 Å². The Bertz CT molecular complexity index is 415. The van der Waals surface area contributed by atoms with Crippen molar-refractivity contribution >= 4 is 5.97 Å². The van der Waals surface area contributed by atoms with Gasteiger partial charge in [-0.2, -0.15) is 4.89 Å². The Labute approximate surface area is 128 Å². The third-order valence-electron chi connectivity index (χ3n) is 3.35.